The first-order valence-corrected chi connectivity index (χ1v) is 10.1. The Kier molecular flexibility index (Phi) is 5.94. The second-order valence-electron chi connectivity index (χ2n) is 7.35. The van der Waals surface area contributed by atoms with E-state index in [-0.39, 0.29) is 39.2 Å². The summed E-state index contributed by atoms with van der Waals surface area (Å²) in [5, 5.41) is 20.1. The van der Waals surface area contributed by atoms with Gasteiger partial charge >= 0.3 is 6.18 Å². The van der Waals surface area contributed by atoms with E-state index in [1.807, 2.05) is 6.07 Å². The highest BCUT2D eigenvalue weighted by atomic mass is 35.5. The average Bonchev–Trinajstić information content (AvgIpc) is 2.77. The fourth-order valence-corrected chi connectivity index (χ4v) is 3.74. The van der Waals surface area contributed by atoms with Gasteiger partial charge < -0.3 is 15.6 Å². The number of ether oxygens (including phenoxy) is 1. The van der Waals surface area contributed by atoms with Crippen molar-refractivity contribution in [1.29, 1.82) is 5.26 Å². The molecule has 3 aromatic carbocycles. The summed E-state index contributed by atoms with van der Waals surface area (Å²) in [5.41, 5.74) is 5.73. The molecule has 0 aromatic heterocycles. The van der Waals surface area contributed by atoms with E-state index in [1.54, 1.807) is 6.07 Å². The number of phenols is 1. The van der Waals surface area contributed by atoms with Crippen LogP contribution in [0.1, 0.15) is 28.2 Å². The maximum absolute atomic E-state index is 13.9. The van der Waals surface area contributed by atoms with Gasteiger partial charge in [-0.05, 0) is 42.0 Å². The first kappa shape index (κ1) is 23.1. The second kappa shape index (κ2) is 8.72. The van der Waals surface area contributed by atoms with Gasteiger partial charge in [0.15, 0.2) is 0 Å². The van der Waals surface area contributed by atoms with Crippen LogP contribution in [0.15, 0.2) is 71.0 Å². The van der Waals surface area contributed by atoms with Crippen LogP contribution in [0.4, 0.5) is 23.2 Å². The molecule has 0 saturated carbocycles. The van der Waals surface area contributed by atoms with E-state index < -0.39 is 23.5 Å². The number of hydrogen-bond donors (Lipinski definition) is 2. The van der Waals surface area contributed by atoms with Crippen molar-refractivity contribution in [2.45, 2.75) is 12.1 Å². The van der Waals surface area contributed by atoms with E-state index in [9.17, 15) is 27.9 Å². The number of aromatic hydroxyl groups is 1. The molecule has 1 atom stereocenters. The topological polar surface area (TPSA) is 91.6 Å². The second-order valence-corrected chi connectivity index (χ2v) is 7.76. The third-order valence-electron chi connectivity index (χ3n) is 5.16. The number of aliphatic imine (C=N–C) groups is 1. The molecule has 0 saturated heterocycles. The van der Waals surface area contributed by atoms with Crippen LogP contribution in [-0.4, -0.2) is 11.3 Å². The Balaban J connectivity index is 1.81. The van der Waals surface area contributed by atoms with Crippen molar-refractivity contribution in [3.05, 3.63) is 99.1 Å². The SMILES string of the molecule is N#CC1=C(N)Oc2cc(O)c(C=Nc3cc(C(F)(F)F)ccc3Cl)cc2[C@H]1c1cccc(F)c1. The smallest absolute Gasteiger partial charge is 0.416 e. The van der Waals surface area contributed by atoms with E-state index >= 15 is 0 Å². The molecule has 10 heteroatoms. The molecular weight excluding hydrogens is 474 g/mol. The highest BCUT2D eigenvalue weighted by Crippen LogP contribution is 2.44. The quantitative estimate of drug-likeness (QED) is 0.341. The lowest BCUT2D eigenvalue weighted by molar-refractivity contribution is -0.137. The summed E-state index contributed by atoms with van der Waals surface area (Å²) >= 11 is 5.98. The number of nitrogens with two attached hydrogens (primary N) is 1. The number of phenolic OH excluding ortho intramolecular Hbond substituents is 1. The molecule has 0 amide bonds. The molecule has 1 aliphatic rings. The Morgan fingerprint density at radius 2 is 1.91 bits per heavy atom. The normalized spacial score (nSPS) is 15.7. The van der Waals surface area contributed by atoms with Gasteiger partial charge in [0, 0.05) is 23.4 Å². The summed E-state index contributed by atoms with van der Waals surface area (Å²) in [5.74, 6) is -1.70. The first-order chi connectivity index (χ1) is 16.1. The van der Waals surface area contributed by atoms with Crippen LogP contribution in [0.2, 0.25) is 5.02 Å². The van der Waals surface area contributed by atoms with Gasteiger partial charge in [-0.15, -0.1) is 0 Å². The van der Waals surface area contributed by atoms with Gasteiger partial charge in [0.25, 0.3) is 0 Å². The minimum absolute atomic E-state index is 0.0230. The number of benzene rings is 3. The Hall–Kier alpha value is -4.03. The van der Waals surface area contributed by atoms with Gasteiger partial charge in [0.1, 0.15) is 29.0 Å². The van der Waals surface area contributed by atoms with E-state index in [1.165, 1.54) is 30.3 Å². The molecule has 5 nitrogen and oxygen atoms in total. The Morgan fingerprint density at radius 1 is 1.15 bits per heavy atom. The summed E-state index contributed by atoms with van der Waals surface area (Å²) < 4.78 is 58.5. The summed E-state index contributed by atoms with van der Waals surface area (Å²) in [6.07, 6.45) is -3.45. The number of halogens is 5. The standard InChI is InChI=1S/C24H14ClF4N3O2/c25-18-5-4-14(24(27,28)29)8-19(18)32-11-13-7-16-21(9-20(13)33)34-23(31)17(10-30)22(16)12-2-1-3-15(26)6-12/h1-9,11,22,33H,31H2/t22-/m1/s1. The van der Waals surface area contributed by atoms with Crippen LogP contribution < -0.4 is 10.5 Å². The Bertz CT molecular complexity index is 1390. The van der Waals surface area contributed by atoms with Gasteiger partial charge in [0.2, 0.25) is 5.88 Å². The van der Waals surface area contributed by atoms with Gasteiger partial charge in [-0.1, -0.05) is 23.7 Å². The van der Waals surface area contributed by atoms with Crippen LogP contribution in [-0.2, 0) is 6.18 Å². The van der Waals surface area contributed by atoms with Gasteiger partial charge in [-0.2, -0.15) is 18.4 Å². The van der Waals surface area contributed by atoms with Crippen LogP contribution in [0.25, 0.3) is 0 Å². The molecule has 0 aliphatic carbocycles. The van der Waals surface area contributed by atoms with Crippen LogP contribution in [0.3, 0.4) is 0 Å². The molecule has 3 aromatic rings. The van der Waals surface area contributed by atoms with Crippen molar-refractivity contribution in [2.75, 3.05) is 0 Å². The maximum Gasteiger partial charge on any atom is 0.416 e. The lowest BCUT2D eigenvalue weighted by Gasteiger charge is -2.27. The minimum atomic E-state index is -4.59. The zero-order valence-electron chi connectivity index (χ0n) is 17.1. The summed E-state index contributed by atoms with van der Waals surface area (Å²) in [6.45, 7) is 0. The third-order valence-corrected chi connectivity index (χ3v) is 5.48. The molecule has 0 spiro atoms. The van der Waals surface area contributed by atoms with Crippen molar-refractivity contribution in [1.82, 2.24) is 0 Å². The molecular formula is C24H14ClF4N3O2. The first-order valence-electron chi connectivity index (χ1n) is 9.69. The van der Waals surface area contributed by atoms with Crippen molar-refractivity contribution < 1.29 is 27.4 Å². The summed E-state index contributed by atoms with van der Waals surface area (Å²) in [6, 6.07) is 12.9. The molecule has 0 bridgehead atoms. The molecule has 172 valence electrons. The number of fused-ring (bicyclic) bond motifs is 1. The molecule has 0 fully saturated rings. The number of allylic oxidation sites excluding steroid dienone is 1. The Labute approximate surface area is 196 Å². The van der Waals surface area contributed by atoms with E-state index in [0.29, 0.717) is 11.1 Å². The highest BCUT2D eigenvalue weighted by Gasteiger charge is 2.32. The summed E-state index contributed by atoms with van der Waals surface area (Å²) in [4.78, 5) is 4.01. The van der Waals surface area contributed by atoms with Crippen molar-refractivity contribution >= 4 is 23.5 Å². The van der Waals surface area contributed by atoms with Crippen molar-refractivity contribution in [3.8, 4) is 17.6 Å². The fraction of sp³-hybridized carbons (Fsp3) is 0.0833. The number of alkyl halides is 3. The number of nitrogens with zero attached hydrogens (tertiary/aromatic N) is 2. The fourth-order valence-electron chi connectivity index (χ4n) is 3.57. The van der Waals surface area contributed by atoms with Crippen molar-refractivity contribution in [3.63, 3.8) is 0 Å². The number of hydrogen-bond acceptors (Lipinski definition) is 5. The zero-order valence-corrected chi connectivity index (χ0v) is 17.8. The number of nitriles is 1. The minimum Gasteiger partial charge on any atom is -0.507 e. The lowest BCUT2D eigenvalue weighted by atomic mass is 9.83. The lowest BCUT2D eigenvalue weighted by Crippen LogP contribution is -2.21. The van der Waals surface area contributed by atoms with Crippen molar-refractivity contribution in [2.24, 2.45) is 10.7 Å². The highest BCUT2D eigenvalue weighted by molar-refractivity contribution is 6.33. The molecule has 1 aliphatic heterocycles. The predicted molar refractivity (Wildman–Crippen MR) is 118 cm³/mol. The molecule has 0 unspecified atom stereocenters. The number of rotatable bonds is 3. The van der Waals surface area contributed by atoms with E-state index in [2.05, 4.69) is 4.99 Å². The molecule has 3 N–H and O–H groups in total. The van der Waals surface area contributed by atoms with Gasteiger partial charge in [0.05, 0.1) is 22.2 Å². The molecule has 0 radical (unpaired) electrons. The van der Waals surface area contributed by atoms with E-state index in [0.717, 1.165) is 24.4 Å². The monoisotopic (exact) mass is 487 g/mol. The van der Waals surface area contributed by atoms with Crippen LogP contribution in [0.5, 0.6) is 11.5 Å². The van der Waals surface area contributed by atoms with Crippen LogP contribution >= 0.6 is 11.6 Å². The maximum atomic E-state index is 13.9. The van der Waals surface area contributed by atoms with E-state index in [4.69, 9.17) is 22.1 Å². The molecule has 1 heterocycles. The Morgan fingerprint density at radius 3 is 2.59 bits per heavy atom. The predicted octanol–water partition coefficient (Wildman–Crippen LogP) is 6.17. The van der Waals surface area contributed by atoms with Gasteiger partial charge in [-0.3, -0.25) is 4.99 Å². The van der Waals surface area contributed by atoms with Gasteiger partial charge in [-0.25, -0.2) is 4.39 Å². The third kappa shape index (κ3) is 4.40. The largest absolute Gasteiger partial charge is 0.507 e. The molecule has 34 heavy (non-hydrogen) atoms. The average molecular weight is 488 g/mol. The molecule has 4 rings (SSSR count). The summed E-state index contributed by atoms with van der Waals surface area (Å²) in [7, 11) is 0. The zero-order chi connectivity index (χ0) is 24.6. The van der Waals surface area contributed by atoms with Crippen LogP contribution in [0, 0.1) is 17.1 Å².